The molecule has 0 fully saturated rings. The van der Waals surface area contributed by atoms with Crippen LogP contribution in [0.2, 0.25) is 0 Å². The number of primary sulfonamides is 1. The second kappa shape index (κ2) is 13.2. The van der Waals surface area contributed by atoms with Crippen LogP contribution in [0.3, 0.4) is 0 Å². The summed E-state index contributed by atoms with van der Waals surface area (Å²) in [6.45, 7) is 7.38. The van der Waals surface area contributed by atoms with Crippen molar-refractivity contribution in [1.82, 2.24) is 5.32 Å². The number of nitrogens with one attached hydrogen (secondary N) is 4. The van der Waals surface area contributed by atoms with Crippen LogP contribution in [-0.2, 0) is 19.6 Å². The van der Waals surface area contributed by atoms with Gasteiger partial charge in [0.15, 0.2) is 0 Å². The van der Waals surface area contributed by atoms with Crippen molar-refractivity contribution in [2.75, 3.05) is 10.6 Å². The molecule has 1 unspecified atom stereocenters. The van der Waals surface area contributed by atoms with Gasteiger partial charge in [0.1, 0.15) is 11.9 Å². The highest BCUT2D eigenvalue weighted by atomic mass is 32.2. The third-order valence-corrected chi connectivity index (χ3v) is 7.16. The van der Waals surface area contributed by atoms with Gasteiger partial charge in [0.25, 0.3) is 0 Å². The molecule has 40 heavy (non-hydrogen) atoms. The van der Waals surface area contributed by atoms with Gasteiger partial charge >= 0.3 is 6.09 Å². The van der Waals surface area contributed by atoms with E-state index in [1.54, 1.807) is 80.6 Å². The molecule has 10 nitrogen and oxygen atoms in total. The molecule has 0 saturated heterocycles. The van der Waals surface area contributed by atoms with E-state index < -0.39 is 22.2 Å². The van der Waals surface area contributed by atoms with Gasteiger partial charge in [0, 0.05) is 22.5 Å². The van der Waals surface area contributed by atoms with Gasteiger partial charge in [0.05, 0.1) is 11.0 Å². The van der Waals surface area contributed by atoms with Crippen molar-refractivity contribution in [1.29, 1.82) is 5.41 Å². The number of alkyl carbamates (subject to hydrolysis) is 1. The van der Waals surface area contributed by atoms with Gasteiger partial charge in [0.2, 0.25) is 15.9 Å². The minimum absolute atomic E-state index is 0.0233. The van der Waals surface area contributed by atoms with Crippen LogP contribution in [0.5, 0.6) is 0 Å². The number of amides is 2. The van der Waals surface area contributed by atoms with E-state index >= 15 is 0 Å². The van der Waals surface area contributed by atoms with Crippen molar-refractivity contribution < 1.29 is 22.7 Å². The van der Waals surface area contributed by atoms with Crippen LogP contribution in [0, 0.1) is 11.3 Å². The van der Waals surface area contributed by atoms with Crippen LogP contribution in [0.4, 0.5) is 16.2 Å². The first-order chi connectivity index (χ1) is 18.9. The van der Waals surface area contributed by atoms with Crippen LogP contribution >= 0.6 is 0 Å². The molecular weight excluding hydrogens is 530 g/mol. The van der Waals surface area contributed by atoms with E-state index in [9.17, 15) is 18.0 Å². The summed E-state index contributed by atoms with van der Waals surface area (Å²) >= 11 is 0. The summed E-state index contributed by atoms with van der Waals surface area (Å²) in [5, 5.41) is 22.2. The minimum Gasteiger partial charge on any atom is -0.447 e. The predicted molar refractivity (Wildman–Crippen MR) is 157 cm³/mol. The Labute approximate surface area is 234 Å². The van der Waals surface area contributed by atoms with Crippen LogP contribution in [0.1, 0.15) is 39.7 Å². The Bertz CT molecular complexity index is 1470. The average Bonchev–Trinajstić information content (AvgIpc) is 2.91. The monoisotopic (exact) mass is 565 g/mol. The van der Waals surface area contributed by atoms with Gasteiger partial charge in [-0.3, -0.25) is 15.5 Å². The fraction of sp³-hybridized carbons (Fsp3) is 0.276. The fourth-order valence-electron chi connectivity index (χ4n) is 3.97. The zero-order chi connectivity index (χ0) is 29.4. The molecule has 0 heterocycles. The van der Waals surface area contributed by atoms with Crippen LogP contribution in [0.25, 0.3) is 11.1 Å². The molecule has 0 aromatic heterocycles. The Hall–Kier alpha value is -4.22. The molecule has 0 aliphatic carbocycles. The van der Waals surface area contributed by atoms with Crippen molar-refractivity contribution in [2.24, 2.45) is 11.1 Å². The van der Waals surface area contributed by atoms with E-state index in [-0.39, 0.29) is 28.7 Å². The molecule has 212 valence electrons. The van der Waals surface area contributed by atoms with E-state index in [2.05, 4.69) is 16.0 Å². The van der Waals surface area contributed by atoms with Crippen LogP contribution < -0.4 is 21.1 Å². The number of ether oxygens (including phenoxy) is 1. The number of nitrogens with two attached hydrogens (primary N) is 1. The molecule has 0 aliphatic heterocycles. The number of sulfonamides is 1. The number of hydrogen-bond donors (Lipinski definition) is 5. The zero-order valence-corrected chi connectivity index (χ0v) is 23.7. The van der Waals surface area contributed by atoms with Gasteiger partial charge in [-0.2, -0.15) is 0 Å². The molecule has 3 rings (SSSR count). The molecule has 0 bridgehead atoms. The number of amidine groups is 1. The maximum absolute atomic E-state index is 13.3. The lowest BCUT2D eigenvalue weighted by Gasteiger charge is -2.25. The fourth-order valence-corrected chi connectivity index (χ4v) is 4.73. The van der Waals surface area contributed by atoms with Crippen molar-refractivity contribution in [3.63, 3.8) is 0 Å². The molecule has 3 aromatic rings. The summed E-state index contributed by atoms with van der Waals surface area (Å²) in [6.07, 6.45) is -0.300. The topological polar surface area (TPSA) is 163 Å². The summed E-state index contributed by atoms with van der Waals surface area (Å²) < 4.78 is 29.0. The Morgan fingerprint density at radius 3 is 2.25 bits per heavy atom. The first kappa shape index (κ1) is 30.3. The molecule has 3 aromatic carbocycles. The average molecular weight is 566 g/mol. The van der Waals surface area contributed by atoms with Crippen LogP contribution in [-0.4, -0.2) is 38.4 Å². The summed E-state index contributed by atoms with van der Waals surface area (Å²) in [7, 11) is -3.90. The molecule has 0 radical (unpaired) electrons. The van der Waals surface area contributed by atoms with E-state index in [0.29, 0.717) is 28.1 Å². The summed E-state index contributed by atoms with van der Waals surface area (Å²) in [5.41, 5.74) is 2.71. The van der Waals surface area contributed by atoms with Crippen LogP contribution in [0.15, 0.2) is 77.7 Å². The van der Waals surface area contributed by atoms with Gasteiger partial charge < -0.3 is 15.4 Å². The highest BCUT2D eigenvalue weighted by molar-refractivity contribution is 7.89. The van der Waals surface area contributed by atoms with Gasteiger partial charge in [-0.25, -0.2) is 18.4 Å². The second-order valence-electron chi connectivity index (χ2n) is 9.65. The smallest absolute Gasteiger partial charge is 0.413 e. The Balaban J connectivity index is 1.75. The predicted octanol–water partition coefficient (Wildman–Crippen LogP) is 4.93. The molecule has 6 N–H and O–H groups in total. The highest BCUT2D eigenvalue weighted by Crippen LogP contribution is 2.28. The van der Waals surface area contributed by atoms with Crippen molar-refractivity contribution in [3.05, 3.63) is 78.4 Å². The normalized spacial score (nSPS) is 12.8. The lowest BCUT2D eigenvalue weighted by molar-refractivity contribution is -0.117. The van der Waals surface area contributed by atoms with Gasteiger partial charge in [-0.05, 0) is 55.7 Å². The summed E-state index contributed by atoms with van der Waals surface area (Å²) in [4.78, 5) is 25.2. The number of hydrogen-bond acceptors (Lipinski definition) is 7. The molecule has 2 amide bonds. The maximum atomic E-state index is 13.3. The van der Waals surface area contributed by atoms with Gasteiger partial charge in [-0.1, -0.05) is 62.7 Å². The van der Waals surface area contributed by atoms with Gasteiger partial charge in [-0.15, -0.1) is 0 Å². The molecular formula is C29H35N5O5S. The first-order valence-electron chi connectivity index (χ1n) is 12.8. The van der Waals surface area contributed by atoms with E-state index in [1.165, 1.54) is 6.07 Å². The lowest BCUT2D eigenvalue weighted by atomic mass is 9.97. The third kappa shape index (κ3) is 8.14. The van der Waals surface area contributed by atoms with Crippen molar-refractivity contribution in [2.45, 2.75) is 51.2 Å². The second-order valence-corrected chi connectivity index (χ2v) is 11.2. The van der Waals surface area contributed by atoms with Crippen molar-refractivity contribution >= 4 is 39.2 Å². The SMILES string of the molecule is CCC(C)[C@H](Nc1cccc(C(=N)NC(=O)OC(C)C)c1)C(=O)Nc1ccc(-c2ccccc2S(N)(=O)=O)cc1. The highest BCUT2D eigenvalue weighted by Gasteiger charge is 2.24. The number of carbonyl (C=O) groups excluding carboxylic acids is 2. The Morgan fingerprint density at radius 1 is 0.950 bits per heavy atom. The minimum atomic E-state index is -3.90. The maximum Gasteiger partial charge on any atom is 0.413 e. The van der Waals surface area contributed by atoms with E-state index in [0.717, 1.165) is 6.42 Å². The standard InChI is InChI=1S/C29H35N5O5S/c1-5-19(4)26(32-23-10-8-9-21(17-23)27(30)34-29(36)39-18(2)3)28(35)33-22-15-13-20(14-16-22)24-11-6-7-12-25(24)40(31,37)38/h6-19,26,32H,5H2,1-4H3,(H,33,35)(H2,30,34,36)(H2,31,37,38)/t19?,26-/m0/s1. The number of rotatable bonds is 10. The zero-order valence-electron chi connectivity index (χ0n) is 22.9. The summed E-state index contributed by atoms with van der Waals surface area (Å²) in [5.74, 6) is -0.419. The molecule has 0 aliphatic rings. The van der Waals surface area contributed by atoms with E-state index in [4.69, 9.17) is 15.3 Å². The van der Waals surface area contributed by atoms with E-state index in [1.807, 2.05) is 13.8 Å². The third-order valence-electron chi connectivity index (χ3n) is 6.20. The van der Waals surface area contributed by atoms with Crippen molar-refractivity contribution in [3.8, 4) is 11.1 Å². The summed E-state index contributed by atoms with van der Waals surface area (Å²) in [6, 6.07) is 19.6. The number of benzene rings is 3. The largest absolute Gasteiger partial charge is 0.447 e. The molecule has 11 heteroatoms. The molecule has 0 saturated carbocycles. The molecule has 0 spiro atoms. The quantitative estimate of drug-likeness (QED) is 0.173. The Morgan fingerprint density at radius 2 is 1.62 bits per heavy atom. The Kier molecular flexibility index (Phi) is 10.0. The number of carbonyl (C=O) groups is 2. The lowest BCUT2D eigenvalue weighted by Crippen LogP contribution is -2.39. The first-order valence-corrected chi connectivity index (χ1v) is 14.4. The number of anilines is 2. The molecule has 2 atom stereocenters.